The van der Waals surface area contributed by atoms with Crippen LogP contribution in [0.3, 0.4) is 0 Å². The summed E-state index contributed by atoms with van der Waals surface area (Å²) in [7, 11) is 0. The zero-order chi connectivity index (χ0) is 11.7. The van der Waals surface area contributed by atoms with Gasteiger partial charge in [0.15, 0.2) is 0 Å². The first-order valence-corrected chi connectivity index (χ1v) is 6.47. The van der Waals surface area contributed by atoms with E-state index in [4.69, 9.17) is 0 Å². The Labute approximate surface area is 102 Å². The third kappa shape index (κ3) is 2.05. The Kier molecular flexibility index (Phi) is 2.81. The summed E-state index contributed by atoms with van der Waals surface area (Å²) in [6, 6.07) is 11.1. The molecule has 17 heavy (non-hydrogen) atoms. The van der Waals surface area contributed by atoms with E-state index >= 15 is 0 Å². The van der Waals surface area contributed by atoms with E-state index in [9.17, 15) is 0 Å². The fraction of sp³-hybridized carbons (Fsp3) is 0.400. The van der Waals surface area contributed by atoms with Crippen molar-refractivity contribution in [3.05, 3.63) is 42.2 Å². The van der Waals surface area contributed by atoms with Crippen LogP contribution in [0.4, 0.5) is 0 Å². The summed E-state index contributed by atoms with van der Waals surface area (Å²) in [5.41, 5.74) is 1.23. The summed E-state index contributed by atoms with van der Waals surface area (Å²) in [5, 5.41) is 6.18. The van der Waals surface area contributed by atoms with Crippen LogP contribution >= 0.6 is 0 Å². The largest absolute Gasteiger partial charge is 0.309 e. The molecule has 1 saturated carbocycles. The minimum Gasteiger partial charge on any atom is -0.309 e. The van der Waals surface area contributed by atoms with E-state index in [1.54, 1.807) is 0 Å². The molecule has 1 aliphatic carbocycles. The molecule has 88 valence electrons. The van der Waals surface area contributed by atoms with Crippen LogP contribution in [0.5, 0.6) is 0 Å². The fourth-order valence-corrected chi connectivity index (χ4v) is 2.53. The highest BCUT2D eigenvalue weighted by Gasteiger charge is 2.33. The van der Waals surface area contributed by atoms with Crippen LogP contribution in [0.25, 0.3) is 10.8 Å². The summed E-state index contributed by atoms with van der Waals surface area (Å²) < 4.78 is 0. The molecule has 1 aromatic carbocycles. The van der Waals surface area contributed by atoms with Gasteiger partial charge in [0.1, 0.15) is 0 Å². The minimum absolute atomic E-state index is 0.436. The van der Waals surface area contributed by atoms with Crippen LogP contribution in [0.15, 0.2) is 36.5 Å². The second kappa shape index (κ2) is 4.46. The van der Waals surface area contributed by atoms with Crippen molar-refractivity contribution in [2.45, 2.75) is 25.8 Å². The van der Waals surface area contributed by atoms with Gasteiger partial charge in [0.05, 0.1) is 11.7 Å². The molecule has 1 fully saturated rings. The number of fused-ring (bicyclic) bond motifs is 1. The predicted molar refractivity (Wildman–Crippen MR) is 70.9 cm³/mol. The van der Waals surface area contributed by atoms with Gasteiger partial charge in [0.2, 0.25) is 0 Å². The van der Waals surface area contributed by atoms with Gasteiger partial charge in [-0.3, -0.25) is 4.98 Å². The lowest BCUT2D eigenvalue weighted by Gasteiger charge is -2.18. The van der Waals surface area contributed by atoms with Crippen LogP contribution in [-0.2, 0) is 0 Å². The van der Waals surface area contributed by atoms with E-state index in [0.29, 0.717) is 6.04 Å². The molecule has 1 aromatic heterocycles. The quantitative estimate of drug-likeness (QED) is 0.865. The highest BCUT2D eigenvalue weighted by molar-refractivity contribution is 5.84. The topological polar surface area (TPSA) is 24.9 Å². The maximum atomic E-state index is 4.62. The second-order valence-corrected chi connectivity index (χ2v) is 4.79. The van der Waals surface area contributed by atoms with Crippen molar-refractivity contribution in [1.82, 2.24) is 10.3 Å². The molecule has 0 saturated heterocycles. The van der Waals surface area contributed by atoms with Crippen molar-refractivity contribution in [2.24, 2.45) is 5.92 Å². The van der Waals surface area contributed by atoms with E-state index < -0.39 is 0 Å². The summed E-state index contributed by atoms with van der Waals surface area (Å²) in [6.07, 6.45) is 4.61. The standard InChI is InChI=1S/C15H18N2/c1-2-16-14(12-7-8-12)15-13-6-4-3-5-11(13)9-10-17-15/h3-6,9-10,12,14,16H,2,7-8H2,1H3. The van der Waals surface area contributed by atoms with Crippen molar-refractivity contribution in [3.63, 3.8) is 0 Å². The average Bonchev–Trinajstić information content (AvgIpc) is 3.20. The zero-order valence-electron chi connectivity index (χ0n) is 10.2. The Morgan fingerprint density at radius 1 is 1.29 bits per heavy atom. The van der Waals surface area contributed by atoms with Gasteiger partial charge in [-0.25, -0.2) is 0 Å². The normalized spacial score (nSPS) is 17.2. The summed E-state index contributed by atoms with van der Waals surface area (Å²) in [5.74, 6) is 0.785. The monoisotopic (exact) mass is 226 g/mol. The molecule has 1 unspecified atom stereocenters. The van der Waals surface area contributed by atoms with E-state index in [-0.39, 0.29) is 0 Å². The number of hydrogen-bond donors (Lipinski definition) is 1. The van der Waals surface area contributed by atoms with Crippen molar-refractivity contribution in [1.29, 1.82) is 0 Å². The molecular weight excluding hydrogens is 208 g/mol. The number of aromatic nitrogens is 1. The Balaban J connectivity index is 2.08. The SMILES string of the molecule is CCNC(c1nccc2ccccc12)C1CC1. The lowest BCUT2D eigenvalue weighted by Crippen LogP contribution is -2.23. The first-order chi connectivity index (χ1) is 8.40. The van der Waals surface area contributed by atoms with Crippen LogP contribution in [-0.4, -0.2) is 11.5 Å². The Bertz CT molecular complexity index is 512. The van der Waals surface area contributed by atoms with Crippen molar-refractivity contribution < 1.29 is 0 Å². The minimum atomic E-state index is 0.436. The zero-order valence-corrected chi connectivity index (χ0v) is 10.2. The molecule has 2 heteroatoms. The molecule has 0 spiro atoms. The fourth-order valence-electron chi connectivity index (χ4n) is 2.53. The van der Waals surface area contributed by atoms with E-state index in [2.05, 4.69) is 47.6 Å². The number of nitrogens with zero attached hydrogens (tertiary/aromatic N) is 1. The van der Waals surface area contributed by atoms with Crippen molar-refractivity contribution in [3.8, 4) is 0 Å². The predicted octanol–water partition coefficient (Wildman–Crippen LogP) is 3.30. The molecule has 3 rings (SSSR count). The molecule has 0 bridgehead atoms. The van der Waals surface area contributed by atoms with E-state index in [1.807, 2.05) is 6.20 Å². The van der Waals surface area contributed by atoms with Gasteiger partial charge in [-0.1, -0.05) is 31.2 Å². The summed E-state index contributed by atoms with van der Waals surface area (Å²) in [6.45, 7) is 3.17. The first kappa shape index (κ1) is 10.7. The third-order valence-corrected chi connectivity index (χ3v) is 3.52. The molecule has 0 aliphatic heterocycles. The smallest absolute Gasteiger partial charge is 0.0654 e. The summed E-state index contributed by atoms with van der Waals surface area (Å²) in [4.78, 5) is 4.62. The Morgan fingerprint density at radius 2 is 2.12 bits per heavy atom. The maximum absolute atomic E-state index is 4.62. The molecule has 1 heterocycles. The van der Waals surface area contributed by atoms with Gasteiger partial charge in [-0.15, -0.1) is 0 Å². The van der Waals surface area contributed by atoms with Crippen molar-refractivity contribution in [2.75, 3.05) is 6.54 Å². The molecule has 1 atom stereocenters. The maximum Gasteiger partial charge on any atom is 0.0654 e. The van der Waals surface area contributed by atoms with Gasteiger partial charge in [-0.2, -0.15) is 0 Å². The lowest BCUT2D eigenvalue weighted by atomic mass is 10.0. The first-order valence-electron chi connectivity index (χ1n) is 6.47. The van der Waals surface area contributed by atoms with Gasteiger partial charge in [0.25, 0.3) is 0 Å². The number of hydrogen-bond acceptors (Lipinski definition) is 2. The molecule has 2 nitrogen and oxygen atoms in total. The molecule has 2 aromatic rings. The number of nitrogens with one attached hydrogen (secondary N) is 1. The lowest BCUT2D eigenvalue weighted by molar-refractivity contribution is 0.488. The number of rotatable bonds is 4. The highest BCUT2D eigenvalue weighted by atomic mass is 15.0. The molecular formula is C15H18N2. The highest BCUT2D eigenvalue weighted by Crippen LogP contribution is 2.41. The Hall–Kier alpha value is -1.41. The van der Waals surface area contributed by atoms with Crippen LogP contribution in [0, 0.1) is 5.92 Å². The third-order valence-electron chi connectivity index (χ3n) is 3.52. The van der Waals surface area contributed by atoms with Gasteiger partial charge >= 0.3 is 0 Å². The molecule has 0 amide bonds. The van der Waals surface area contributed by atoms with Crippen molar-refractivity contribution >= 4 is 10.8 Å². The van der Waals surface area contributed by atoms with Crippen LogP contribution in [0.2, 0.25) is 0 Å². The Morgan fingerprint density at radius 3 is 2.88 bits per heavy atom. The average molecular weight is 226 g/mol. The number of pyridine rings is 1. The molecule has 1 aliphatic rings. The van der Waals surface area contributed by atoms with E-state index in [1.165, 1.54) is 29.3 Å². The molecule has 1 N–H and O–H groups in total. The summed E-state index contributed by atoms with van der Waals surface area (Å²) >= 11 is 0. The van der Waals surface area contributed by atoms with E-state index in [0.717, 1.165) is 12.5 Å². The second-order valence-electron chi connectivity index (χ2n) is 4.79. The van der Waals surface area contributed by atoms with Crippen LogP contribution < -0.4 is 5.32 Å². The van der Waals surface area contributed by atoms with Crippen LogP contribution in [0.1, 0.15) is 31.5 Å². The van der Waals surface area contributed by atoms with Gasteiger partial charge in [0, 0.05) is 11.6 Å². The van der Waals surface area contributed by atoms with Gasteiger partial charge < -0.3 is 5.32 Å². The molecule has 0 radical (unpaired) electrons. The number of benzene rings is 1. The van der Waals surface area contributed by atoms with Gasteiger partial charge in [-0.05, 0) is 36.8 Å².